The second kappa shape index (κ2) is 5.08. The van der Waals surface area contributed by atoms with Crippen molar-refractivity contribution < 1.29 is 14.0 Å². The van der Waals surface area contributed by atoms with E-state index in [1.807, 2.05) is 32.9 Å². The third kappa shape index (κ3) is 2.86. The molecule has 0 bridgehead atoms. The van der Waals surface area contributed by atoms with Crippen molar-refractivity contribution in [2.45, 2.75) is 65.8 Å². The molecule has 110 valence electrons. The number of benzene rings is 1. The van der Waals surface area contributed by atoms with E-state index in [4.69, 9.17) is 14.0 Å². The zero-order valence-electron chi connectivity index (χ0n) is 13.6. The van der Waals surface area contributed by atoms with Crippen molar-refractivity contribution in [2.24, 2.45) is 0 Å². The minimum absolute atomic E-state index is 0.177. The predicted octanol–water partition coefficient (Wildman–Crippen LogP) is 3.08. The Bertz CT molecular complexity index is 478. The number of hydrogen-bond donors (Lipinski definition) is 0. The maximum Gasteiger partial charge on any atom is 0.494 e. The van der Waals surface area contributed by atoms with E-state index in [0.29, 0.717) is 0 Å². The Morgan fingerprint density at radius 3 is 2.05 bits per heavy atom. The Balaban J connectivity index is 2.22. The van der Waals surface area contributed by atoms with Crippen molar-refractivity contribution in [3.8, 4) is 5.75 Å². The molecule has 1 aliphatic rings. The molecule has 20 heavy (non-hydrogen) atoms. The Kier molecular flexibility index (Phi) is 3.91. The summed E-state index contributed by atoms with van der Waals surface area (Å²) in [6.45, 7) is 14.4. The van der Waals surface area contributed by atoms with Crippen LogP contribution >= 0.6 is 0 Å². The molecule has 0 aromatic heterocycles. The van der Waals surface area contributed by atoms with Crippen LogP contribution in [0.15, 0.2) is 18.2 Å². The first-order valence-electron chi connectivity index (χ1n) is 7.25. The Hall–Kier alpha value is -0.995. The van der Waals surface area contributed by atoms with Gasteiger partial charge >= 0.3 is 7.12 Å². The number of hydrogen-bond acceptors (Lipinski definition) is 3. The zero-order chi connectivity index (χ0) is 15.1. The second-order valence-corrected chi connectivity index (χ2v) is 6.78. The van der Waals surface area contributed by atoms with E-state index < -0.39 is 0 Å². The predicted molar refractivity (Wildman–Crippen MR) is 82.7 cm³/mol. The number of rotatable bonds is 3. The van der Waals surface area contributed by atoms with Crippen LogP contribution in [0.25, 0.3) is 0 Å². The maximum atomic E-state index is 6.06. The molecule has 0 aliphatic carbocycles. The van der Waals surface area contributed by atoms with Crippen LogP contribution in [0.2, 0.25) is 0 Å². The molecule has 0 saturated carbocycles. The van der Waals surface area contributed by atoms with Gasteiger partial charge in [-0.05, 0) is 65.6 Å². The molecule has 0 unspecified atom stereocenters. The summed E-state index contributed by atoms with van der Waals surface area (Å²) in [6.07, 6.45) is 0.177. The van der Waals surface area contributed by atoms with Crippen molar-refractivity contribution in [3.05, 3.63) is 23.8 Å². The maximum absolute atomic E-state index is 6.06. The van der Waals surface area contributed by atoms with Crippen LogP contribution in [0.3, 0.4) is 0 Å². The van der Waals surface area contributed by atoms with E-state index in [2.05, 4.69) is 33.8 Å². The van der Waals surface area contributed by atoms with Crippen LogP contribution in [-0.2, 0) is 9.31 Å². The van der Waals surface area contributed by atoms with Crippen LogP contribution in [0.5, 0.6) is 5.75 Å². The normalized spacial score (nSPS) is 20.5. The fourth-order valence-electron chi connectivity index (χ4n) is 2.18. The lowest BCUT2D eigenvalue weighted by atomic mass is 9.78. The third-order valence-electron chi connectivity index (χ3n) is 4.09. The summed E-state index contributed by atoms with van der Waals surface area (Å²) in [5.74, 6) is 0.917. The summed E-state index contributed by atoms with van der Waals surface area (Å²) < 4.78 is 17.9. The fraction of sp³-hybridized carbons (Fsp3) is 0.625. The third-order valence-corrected chi connectivity index (χ3v) is 4.09. The average Bonchev–Trinajstić information content (AvgIpc) is 2.50. The molecule has 3 nitrogen and oxygen atoms in total. The minimum atomic E-state index is -0.313. The van der Waals surface area contributed by atoms with Crippen molar-refractivity contribution in [3.63, 3.8) is 0 Å². The van der Waals surface area contributed by atoms with Crippen LogP contribution in [-0.4, -0.2) is 24.4 Å². The minimum Gasteiger partial charge on any atom is -0.491 e. The first kappa shape index (κ1) is 15.4. The molecule has 1 aliphatic heterocycles. The molecule has 2 rings (SSSR count). The zero-order valence-corrected chi connectivity index (χ0v) is 13.6. The van der Waals surface area contributed by atoms with E-state index in [0.717, 1.165) is 16.8 Å². The van der Waals surface area contributed by atoms with Gasteiger partial charge in [-0.15, -0.1) is 0 Å². The summed E-state index contributed by atoms with van der Waals surface area (Å²) >= 11 is 0. The second-order valence-electron chi connectivity index (χ2n) is 6.78. The van der Waals surface area contributed by atoms with Crippen LogP contribution in [0.4, 0.5) is 0 Å². The summed E-state index contributed by atoms with van der Waals surface area (Å²) in [4.78, 5) is 0. The molecule has 1 aromatic rings. The molecular formula is C16H25BO3. The van der Waals surface area contributed by atoms with Gasteiger partial charge in [-0.2, -0.15) is 0 Å². The summed E-state index contributed by atoms with van der Waals surface area (Å²) in [7, 11) is -0.313. The molecular weight excluding hydrogens is 251 g/mol. The summed E-state index contributed by atoms with van der Waals surface area (Å²) in [5, 5.41) is 0. The molecule has 1 fully saturated rings. The van der Waals surface area contributed by atoms with Gasteiger partial charge in [0.05, 0.1) is 17.3 Å². The summed E-state index contributed by atoms with van der Waals surface area (Å²) in [6, 6.07) is 6.10. The molecule has 0 spiro atoms. The van der Waals surface area contributed by atoms with Gasteiger partial charge < -0.3 is 14.0 Å². The first-order chi connectivity index (χ1) is 9.12. The summed E-state index contributed by atoms with van der Waals surface area (Å²) in [5.41, 5.74) is 1.53. The van der Waals surface area contributed by atoms with Gasteiger partial charge in [0.15, 0.2) is 0 Å². The Morgan fingerprint density at radius 2 is 1.60 bits per heavy atom. The van der Waals surface area contributed by atoms with Crippen molar-refractivity contribution in [1.82, 2.24) is 0 Å². The topological polar surface area (TPSA) is 27.7 Å². The van der Waals surface area contributed by atoms with Gasteiger partial charge in [0.25, 0.3) is 0 Å². The number of aryl methyl sites for hydroxylation is 1. The van der Waals surface area contributed by atoms with Crippen LogP contribution in [0.1, 0.15) is 47.1 Å². The molecule has 0 atom stereocenters. The molecule has 4 heteroatoms. The fourth-order valence-corrected chi connectivity index (χ4v) is 2.18. The van der Waals surface area contributed by atoms with E-state index in [1.165, 1.54) is 0 Å². The van der Waals surface area contributed by atoms with Gasteiger partial charge in [-0.3, -0.25) is 0 Å². The van der Waals surface area contributed by atoms with E-state index in [1.54, 1.807) is 0 Å². The van der Waals surface area contributed by atoms with Gasteiger partial charge in [0.1, 0.15) is 5.75 Å². The SMILES string of the molecule is Cc1cc(B2OC(C)(C)C(C)(C)O2)ccc1OC(C)C. The van der Waals surface area contributed by atoms with E-state index in [-0.39, 0.29) is 24.4 Å². The lowest BCUT2D eigenvalue weighted by molar-refractivity contribution is 0.00578. The molecule has 1 heterocycles. The largest absolute Gasteiger partial charge is 0.494 e. The highest BCUT2D eigenvalue weighted by atomic mass is 16.7. The van der Waals surface area contributed by atoms with Crippen LogP contribution < -0.4 is 10.2 Å². The monoisotopic (exact) mass is 276 g/mol. The highest BCUT2D eigenvalue weighted by molar-refractivity contribution is 6.62. The molecule has 1 saturated heterocycles. The lowest BCUT2D eigenvalue weighted by Gasteiger charge is -2.32. The van der Waals surface area contributed by atoms with E-state index in [9.17, 15) is 0 Å². The van der Waals surface area contributed by atoms with E-state index >= 15 is 0 Å². The number of ether oxygens (including phenoxy) is 1. The van der Waals surface area contributed by atoms with Crippen molar-refractivity contribution >= 4 is 12.6 Å². The van der Waals surface area contributed by atoms with Gasteiger partial charge in [-0.1, -0.05) is 12.1 Å². The highest BCUT2D eigenvalue weighted by Crippen LogP contribution is 2.36. The quantitative estimate of drug-likeness (QED) is 0.794. The first-order valence-corrected chi connectivity index (χ1v) is 7.25. The van der Waals surface area contributed by atoms with Gasteiger partial charge in [0.2, 0.25) is 0 Å². The van der Waals surface area contributed by atoms with Gasteiger partial charge in [0, 0.05) is 0 Å². The van der Waals surface area contributed by atoms with Crippen LogP contribution in [0, 0.1) is 6.92 Å². The standard InChI is InChI=1S/C16H25BO3/c1-11(2)18-14-9-8-13(10-12(14)3)17-19-15(4,5)16(6,7)20-17/h8-11H,1-7H3. The lowest BCUT2D eigenvalue weighted by Crippen LogP contribution is -2.41. The molecule has 0 amide bonds. The van der Waals surface area contributed by atoms with Crippen molar-refractivity contribution in [2.75, 3.05) is 0 Å². The molecule has 0 N–H and O–H groups in total. The molecule has 0 radical (unpaired) electrons. The highest BCUT2D eigenvalue weighted by Gasteiger charge is 2.51. The van der Waals surface area contributed by atoms with Crippen molar-refractivity contribution in [1.29, 1.82) is 0 Å². The average molecular weight is 276 g/mol. The Labute approximate surface area is 122 Å². The smallest absolute Gasteiger partial charge is 0.491 e. The Morgan fingerprint density at radius 1 is 1.05 bits per heavy atom. The van der Waals surface area contributed by atoms with Gasteiger partial charge in [-0.25, -0.2) is 0 Å². The molecule has 1 aromatic carbocycles.